The lowest BCUT2D eigenvalue weighted by Gasteiger charge is -2.12. The lowest BCUT2D eigenvalue weighted by molar-refractivity contribution is -0.142. The molecule has 0 spiro atoms. The highest BCUT2D eigenvalue weighted by molar-refractivity contribution is 5.83. The Morgan fingerprint density at radius 1 is 1.48 bits per heavy atom. The molecule has 0 radical (unpaired) electrons. The van der Waals surface area contributed by atoms with Gasteiger partial charge in [0.1, 0.15) is 6.54 Å². The lowest BCUT2D eigenvalue weighted by atomic mass is 10.1. The number of amides is 1. The van der Waals surface area contributed by atoms with Crippen LogP contribution in [0.2, 0.25) is 0 Å². The van der Waals surface area contributed by atoms with Crippen molar-refractivity contribution >= 4 is 11.9 Å². The number of carbonyl (C=O) groups is 2. The fourth-order valence-corrected chi connectivity index (χ4v) is 1.58. The molecule has 0 aliphatic heterocycles. The van der Waals surface area contributed by atoms with Crippen molar-refractivity contribution in [1.29, 1.82) is 0 Å². The van der Waals surface area contributed by atoms with Crippen LogP contribution in [0.25, 0.3) is 0 Å². The van der Waals surface area contributed by atoms with E-state index in [2.05, 4.69) is 15.2 Å². The summed E-state index contributed by atoms with van der Waals surface area (Å²) in [7, 11) is 1.18. The van der Waals surface area contributed by atoms with Gasteiger partial charge < -0.3 is 10.1 Å². The molecule has 1 amide bonds. The Morgan fingerprint density at radius 3 is 2.57 bits per heavy atom. The zero-order valence-electron chi connectivity index (χ0n) is 11.8. The van der Waals surface area contributed by atoms with E-state index < -0.39 is 29.7 Å². The Kier molecular flexibility index (Phi) is 5.34. The summed E-state index contributed by atoms with van der Waals surface area (Å²) in [5.41, 5.74) is -0.697. The zero-order chi connectivity index (χ0) is 16.2. The molecule has 9 heteroatoms. The summed E-state index contributed by atoms with van der Waals surface area (Å²) in [5, 5.41) is 5.77. The molecule has 118 valence electrons. The summed E-state index contributed by atoms with van der Waals surface area (Å²) in [4.78, 5) is 22.6. The first-order chi connectivity index (χ1) is 9.65. The number of nitrogens with one attached hydrogen (secondary N) is 1. The van der Waals surface area contributed by atoms with Gasteiger partial charge >= 0.3 is 12.1 Å². The standard InChI is InChI=1S/C12H16F3N3O3/c1-7(11(20)16-5-10(19)21-3)6-18-8(2)4-9(17-18)12(13,14)15/h4,7H,5-6H2,1-3H3,(H,16,20). The molecular formula is C12H16F3N3O3. The van der Waals surface area contributed by atoms with E-state index in [-0.39, 0.29) is 13.1 Å². The van der Waals surface area contributed by atoms with Gasteiger partial charge in [0, 0.05) is 5.69 Å². The van der Waals surface area contributed by atoms with Crippen LogP contribution in [0.5, 0.6) is 0 Å². The van der Waals surface area contributed by atoms with Crippen LogP contribution < -0.4 is 5.32 Å². The number of aryl methyl sites for hydroxylation is 1. The van der Waals surface area contributed by atoms with Gasteiger partial charge in [0.15, 0.2) is 5.69 Å². The van der Waals surface area contributed by atoms with Crippen LogP contribution in [0.3, 0.4) is 0 Å². The molecule has 1 heterocycles. The second kappa shape index (κ2) is 6.59. The van der Waals surface area contributed by atoms with E-state index in [1.54, 1.807) is 0 Å². The molecule has 0 aromatic carbocycles. The SMILES string of the molecule is COC(=O)CNC(=O)C(C)Cn1nc(C(F)(F)F)cc1C. The third-order valence-corrected chi connectivity index (χ3v) is 2.80. The summed E-state index contributed by atoms with van der Waals surface area (Å²) in [6, 6.07) is 0.916. The molecule has 0 aliphatic rings. The van der Waals surface area contributed by atoms with Crippen LogP contribution >= 0.6 is 0 Å². The number of methoxy groups -OCH3 is 1. The van der Waals surface area contributed by atoms with Gasteiger partial charge in [0.25, 0.3) is 0 Å². The van der Waals surface area contributed by atoms with E-state index in [1.165, 1.54) is 21.0 Å². The quantitative estimate of drug-likeness (QED) is 0.828. The van der Waals surface area contributed by atoms with Crippen LogP contribution in [-0.4, -0.2) is 35.3 Å². The van der Waals surface area contributed by atoms with Crippen molar-refractivity contribution in [2.45, 2.75) is 26.6 Å². The molecule has 1 aromatic rings. The van der Waals surface area contributed by atoms with E-state index in [0.29, 0.717) is 5.69 Å². The van der Waals surface area contributed by atoms with Crippen LogP contribution in [0.1, 0.15) is 18.3 Å². The lowest BCUT2D eigenvalue weighted by Crippen LogP contribution is -2.35. The number of alkyl halides is 3. The highest BCUT2D eigenvalue weighted by Gasteiger charge is 2.34. The van der Waals surface area contributed by atoms with Crippen molar-refractivity contribution in [1.82, 2.24) is 15.1 Å². The number of carbonyl (C=O) groups excluding carboxylic acids is 2. The maximum atomic E-state index is 12.5. The third kappa shape index (κ3) is 4.76. The minimum absolute atomic E-state index is 0.0189. The Bertz CT molecular complexity index is 526. The first-order valence-corrected chi connectivity index (χ1v) is 6.11. The minimum Gasteiger partial charge on any atom is -0.468 e. The average Bonchev–Trinajstić information content (AvgIpc) is 2.76. The van der Waals surface area contributed by atoms with Gasteiger partial charge in [-0.15, -0.1) is 0 Å². The van der Waals surface area contributed by atoms with Crippen molar-refractivity contribution < 1.29 is 27.5 Å². The monoisotopic (exact) mass is 307 g/mol. The molecule has 21 heavy (non-hydrogen) atoms. The second-order valence-corrected chi connectivity index (χ2v) is 4.55. The largest absolute Gasteiger partial charge is 0.468 e. The number of rotatable bonds is 5. The van der Waals surface area contributed by atoms with E-state index >= 15 is 0 Å². The molecule has 0 saturated carbocycles. The first kappa shape index (κ1) is 17.0. The molecule has 0 bridgehead atoms. The van der Waals surface area contributed by atoms with Crippen molar-refractivity contribution in [2.24, 2.45) is 5.92 Å². The topological polar surface area (TPSA) is 73.2 Å². The molecule has 1 aromatic heterocycles. The third-order valence-electron chi connectivity index (χ3n) is 2.80. The molecule has 6 nitrogen and oxygen atoms in total. The number of hydrogen-bond donors (Lipinski definition) is 1. The van der Waals surface area contributed by atoms with Gasteiger partial charge in [-0.1, -0.05) is 6.92 Å². The smallest absolute Gasteiger partial charge is 0.435 e. The number of hydrogen-bond acceptors (Lipinski definition) is 4. The molecule has 1 unspecified atom stereocenters. The first-order valence-electron chi connectivity index (χ1n) is 6.11. The van der Waals surface area contributed by atoms with E-state index in [1.807, 2.05) is 0 Å². The van der Waals surface area contributed by atoms with Crippen LogP contribution in [0.4, 0.5) is 13.2 Å². The van der Waals surface area contributed by atoms with Gasteiger partial charge in [0.05, 0.1) is 19.6 Å². The Morgan fingerprint density at radius 2 is 2.10 bits per heavy atom. The summed E-state index contributed by atoms with van der Waals surface area (Å²) < 4.78 is 43.0. The molecule has 0 aliphatic carbocycles. The number of halogens is 3. The fourth-order valence-electron chi connectivity index (χ4n) is 1.58. The fraction of sp³-hybridized carbons (Fsp3) is 0.583. The second-order valence-electron chi connectivity index (χ2n) is 4.55. The minimum atomic E-state index is -4.52. The summed E-state index contributed by atoms with van der Waals surface area (Å²) >= 11 is 0. The highest BCUT2D eigenvalue weighted by atomic mass is 19.4. The number of nitrogens with zero attached hydrogens (tertiary/aromatic N) is 2. The van der Waals surface area contributed by atoms with E-state index in [4.69, 9.17) is 0 Å². The predicted octanol–water partition coefficient (Wildman–Crippen LogP) is 1.14. The van der Waals surface area contributed by atoms with Crippen molar-refractivity contribution in [3.63, 3.8) is 0 Å². The summed E-state index contributed by atoms with van der Waals surface area (Å²) in [5.74, 6) is -1.72. The maximum Gasteiger partial charge on any atom is 0.435 e. The molecular weight excluding hydrogens is 291 g/mol. The Labute approximate surface area is 119 Å². The van der Waals surface area contributed by atoms with E-state index in [0.717, 1.165) is 10.7 Å². The summed E-state index contributed by atoms with van der Waals surface area (Å²) in [6.45, 7) is 2.70. The van der Waals surface area contributed by atoms with Gasteiger partial charge in [-0.3, -0.25) is 14.3 Å². The predicted molar refractivity (Wildman–Crippen MR) is 66.2 cm³/mol. The molecule has 0 saturated heterocycles. The normalized spacial score (nSPS) is 12.9. The van der Waals surface area contributed by atoms with E-state index in [9.17, 15) is 22.8 Å². The van der Waals surface area contributed by atoms with Crippen LogP contribution in [0, 0.1) is 12.8 Å². The Hall–Kier alpha value is -2.06. The van der Waals surface area contributed by atoms with Crippen molar-refractivity contribution in [3.05, 3.63) is 17.5 Å². The Balaban J connectivity index is 2.66. The number of esters is 1. The molecule has 0 fully saturated rings. The van der Waals surface area contributed by atoms with Crippen molar-refractivity contribution in [2.75, 3.05) is 13.7 Å². The summed E-state index contributed by atoms with van der Waals surface area (Å²) in [6.07, 6.45) is -4.52. The van der Waals surface area contributed by atoms with Gasteiger partial charge in [-0.25, -0.2) is 0 Å². The van der Waals surface area contributed by atoms with Gasteiger partial charge in [-0.05, 0) is 13.0 Å². The molecule has 1 atom stereocenters. The van der Waals surface area contributed by atoms with Crippen LogP contribution in [-0.2, 0) is 27.0 Å². The molecule has 1 rings (SSSR count). The number of ether oxygens (including phenoxy) is 1. The molecule has 1 N–H and O–H groups in total. The highest BCUT2D eigenvalue weighted by Crippen LogP contribution is 2.28. The van der Waals surface area contributed by atoms with Gasteiger partial charge in [-0.2, -0.15) is 18.3 Å². The van der Waals surface area contributed by atoms with Crippen LogP contribution in [0.15, 0.2) is 6.07 Å². The van der Waals surface area contributed by atoms with Gasteiger partial charge in [0.2, 0.25) is 5.91 Å². The average molecular weight is 307 g/mol. The van der Waals surface area contributed by atoms with Crippen molar-refractivity contribution in [3.8, 4) is 0 Å². The number of aromatic nitrogens is 2. The zero-order valence-corrected chi connectivity index (χ0v) is 11.8. The maximum absolute atomic E-state index is 12.5.